The number of anilines is 1. The van der Waals surface area contributed by atoms with Crippen LogP contribution < -0.4 is 5.06 Å². The molecule has 2 aromatic carbocycles. The Morgan fingerprint density at radius 2 is 1.60 bits per heavy atom. The highest BCUT2D eigenvalue weighted by atomic mass is 28.4. The van der Waals surface area contributed by atoms with Crippen LogP contribution in [0.2, 0.25) is 18.1 Å². The lowest BCUT2D eigenvalue weighted by atomic mass is 9.95. The number of methoxy groups -OCH3 is 1. The third-order valence-corrected chi connectivity index (χ3v) is 10.2. The van der Waals surface area contributed by atoms with Gasteiger partial charge in [0.05, 0.1) is 12.8 Å². The van der Waals surface area contributed by atoms with Gasteiger partial charge in [0.15, 0.2) is 0 Å². The fraction of sp³-hybridized carbons (Fsp3) is 0.375. The quantitative estimate of drug-likeness (QED) is 0.459. The van der Waals surface area contributed by atoms with Crippen LogP contribution in [0.1, 0.15) is 32.4 Å². The van der Waals surface area contributed by atoms with Crippen molar-refractivity contribution in [2.45, 2.75) is 44.9 Å². The van der Waals surface area contributed by atoms with Crippen molar-refractivity contribution in [2.24, 2.45) is 0 Å². The minimum absolute atomic E-state index is 0.0139. The van der Waals surface area contributed by atoms with E-state index in [0.29, 0.717) is 11.3 Å². The van der Waals surface area contributed by atoms with Crippen LogP contribution in [-0.2, 0) is 18.8 Å². The van der Waals surface area contributed by atoms with E-state index in [4.69, 9.17) is 14.0 Å². The van der Waals surface area contributed by atoms with E-state index < -0.39 is 20.3 Å². The molecule has 0 saturated carbocycles. The average Bonchev–Trinajstić information content (AvgIpc) is 2.73. The maximum Gasteiger partial charge on any atom is 0.339 e. The molecule has 6 heteroatoms. The zero-order valence-electron chi connectivity index (χ0n) is 18.6. The molecule has 2 aromatic rings. The summed E-state index contributed by atoms with van der Waals surface area (Å²) in [5.41, 5.74) is 2.28. The maximum absolute atomic E-state index is 13.0. The Kier molecular flexibility index (Phi) is 6.38. The molecule has 0 saturated heterocycles. The van der Waals surface area contributed by atoms with Crippen molar-refractivity contribution in [3.8, 4) is 0 Å². The van der Waals surface area contributed by atoms with Gasteiger partial charge in [-0.1, -0.05) is 69.3 Å². The zero-order valence-corrected chi connectivity index (χ0v) is 19.6. The van der Waals surface area contributed by atoms with E-state index in [1.54, 1.807) is 5.06 Å². The predicted molar refractivity (Wildman–Crippen MR) is 121 cm³/mol. The molecule has 0 amide bonds. The molecule has 1 aliphatic heterocycles. The first kappa shape index (κ1) is 22.1. The van der Waals surface area contributed by atoms with Crippen LogP contribution in [0.3, 0.4) is 0 Å². The Balaban J connectivity index is 2.17. The van der Waals surface area contributed by atoms with Crippen molar-refractivity contribution < 1.29 is 18.8 Å². The largest absolute Gasteiger partial charge is 0.544 e. The number of hydrogen-bond acceptors (Lipinski definition) is 5. The van der Waals surface area contributed by atoms with Crippen LogP contribution >= 0.6 is 0 Å². The topological polar surface area (TPSA) is 48.0 Å². The standard InChI is InChI=1S/C24H31NO4Si/c1-24(2,3)30(5,6)29-20-17-28-25(19-15-11-8-12-16-19)22(21(20)23(26)27-4)18-13-9-7-10-14-18/h7-16,22H,17H2,1-6H3. The monoisotopic (exact) mass is 425 g/mol. The molecule has 5 nitrogen and oxygen atoms in total. The van der Waals surface area contributed by atoms with Crippen LogP contribution in [-0.4, -0.2) is 28.0 Å². The van der Waals surface area contributed by atoms with E-state index in [1.807, 2.05) is 60.7 Å². The number of hydroxylamine groups is 1. The minimum Gasteiger partial charge on any atom is -0.544 e. The molecule has 160 valence electrons. The Hall–Kier alpha value is -2.57. The van der Waals surface area contributed by atoms with E-state index in [9.17, 15) is 4.79 Å². The lowest BCUT2D eigenvalue weighted by Crippen LogP contribution is -2.45. The van der Waals surface area contributed by atoms with Gasteiger partial charge in [-0.15, -0.1) is 0 Å². The summed E-state index contributed by atoms with van der Waals surface area (Å²) in [6.45, 7) is 11.0. The molecule has 1 atom stereocenters. The molecule has 30 heavy (non-hydrogen) atoms. The Bertz CT molecular complexity index is 904. The summed E-state index contributed by atoms with van der Waals surface area (Å²) in [5.74, 6) is 0.163. The van der Waals surface area contributed by atoms with Gasteiger partial charge in [0, 0.05) is 0 Å². The zero-order chi connectivity index (χ0) is 21.9. The van der Waals surface area contributed by atoms with E-state index >= 15 is 0 Å². The van der Waals surface area contributed by atoms with Crippen LogP contribution in [0, 0.1) is 0 Å². The number of esters is 1. The third-order valence-electron chi connectivity index (χ3n) is 5.86. The summed E-state index contributed by atoms with van der Waals surface area (Å²) in [6.07, 6.45) is 0. The molecule has 3 rings (SSSR count). The first-order valence-electron chi connectivity index (χ1n) is 10.2. The number of para-hydroxylation sites is 1. The summed E-state index contributed by atoms with van der Waals surface area (Å²) in [6, 6.07) is 19.1. The Morgan fingerprint density at radius 1 is 1.03 bits per heavy atom. The van der Waals surface area contributed by atoms with E-state index in [2.05, 4.69) is 33.9 Å². The minimum atomic E-state index is -2.19. The van der Waals surface area contributed by atoms with Crippen LogP contribution in [0.4, 0.5) is 5.69 Å². The lowest BCUT2D eigenvalue weighted by Gasteiger charge is -2.42. The summed E-state index contributed by atoms with van der Waals surface area (Å²) < 4.78 is 11.8. The molecule has 0 bridgehead atoms. The normalized spacial score (nSPS) is 17.7. The van der Waals surface area contributed by atoms with Gasteiger partial charge in [-0.3, -0.25) is 4.84 Å². The molecule has 0 N–H and O–H groups in total. The molecule has 0 radical (unpaired) electrons. The molecular weight excluding hydrogens is 394 g/mol. The molecule has 0 fully saturated rings. The summed E-state index contributed by atoms with van der Waals surface area (Å²) in [5, 5.41) is 1.76. The summed E-state index contributed by atoms with van der Waals surface area (Å²) >= 11 is 0. The van der Waals surface area contributed by atoms with Crippen molar-refractivity contribution in [3.05, 3.63) is 77.6 Å². The van der Waals surface area contributed by atoms with Crippen molar-refractivity contribution in [1.29, 1.82) is 0 Å². The van der Waals surface area contributed by atoms with E-state index in [1.165, 1.54) is 7.11 Å². The van der Waals surface area contributed by atoms with Crippen LogP contribution in [0.5, 0.6) is 0 Å². The fourth-order valence-corrected chi connectivity index (χ4v) is 4.26. The Labute approximate surface area is 180 Å². The van der Waals surface area contributed by atoms with Crippen LogP contribution in [0.15, 0.2) is 72.0 Å². The van der Waals surface area contributed by atoms with Gasteiger partial charge < -0.3 is 9.16 Å². The van der Waals surface area contributed by atoms with E-state index in [-0.39, 0.29) is 11.6 Å². The van der Waals surface area contributed by atoms with Crippen molar-refractivity contribution in [2.75, 3.05) is 18.8 Å². The number of nitrogens with zero attached hydrogens (tertiary/aromatic N) is 1. The molecule has 0 aliphatic carbocycles. The highest BCUT2D eigenvalue weighted by molar-refractivity contribution is 6.74. The highest BCUT2D eigenvalue weighted by Gasteiger charge is 2.44. The number of carbonyl (C=O) groups is 1. The van der Waals surface area contributed by atoms with Crippen molar-refractivity contribution >= 4 is 20.0 Å². The number of hydrogen-bond donors (Lipinski definition) is 0. The number of benzene rings is 2. The van der Waals surface area contributed by atoms with Gasteiger partial charge in [0.1, 0.15) is 24.0 Å². The molecule has 0 spiro atoms. The molecular formula is C24H31NO4Si. The van der Waals surface area contributed by atoms with Gasteiger partial charge in [0.25, 0.3) is 0 Å². The number of rotatable bonds is 5. The highest BCUT2D eigenvalue weighted by Crippen LogP contribution is 2.43. The van der Waals surface area contributed by atoms with Gasteiger partial charge >= 0.3 is 5.97 Å². The molecule has 1 unspecified atom stereocenters. The molecule has 1 aliphatic rings. The second-order valence-electron chi connectivity index (χ2n) is 8.94. The summed E-state index contributed by atoms with van der Waals surface area (Å²) in [7, 11) is -0.782. The first-order chi connectivity index (χ1) is 14.2. The van der Waals surface area contributed by atoms with Crippen molar-refractivity contribution in [1.82, 2.24) is 0 Å². The van der Waals surface area contributed by atoms with Gasteiger partial charge in [-0.05, 0) is 35.8 Å². The van der Waals surface area contributed by atoms with Crippen LogP contribution in [0.25, 0.3) is 0 Å². The van der Waals surface area contributed by atoms with Gasteiger partial charge in [-0.25, -0.2) is 9.86 Å². The smallest absolute Gasteiger partial charge is 0.339 e. The number of ether oxygens (including phenoxy) is 1. The third kappa shape index (κ3) is 4.44. The molecule has 0 aromatic heterocycles. The first-order valence-corrected chi connectivity index (χ1v) is 13.1. The average molecular weight is 426 g/mol. The lowest BCUT2D eigenvalue weighted by molar-refractivity contribution is -0.137. The molecule has 1 heterocycles. The summed E-state index contributed by atoms with van der Waals surface area (Å²) in [4.78, 5) is 19.2. The number of carbonyl (C=O) groups excluding carboxylic acids is 1. The fourth-order valence-electron chi connectivity index (χ4n) is 3.17. The predicted octanol–water partition coefficient (Wildman–Crippen LogP) is 5.63. The van der Waals surface area contributed by atoms with E-state index in [0.717, 1.165) is 11.3 Å². The van der Waals surface area contributed by atoms with Gasteiger partial charge in [-0.2, -0.15) is 0 Å². The van der Waals surface area contributed by atoms with Gasteiger partial charge in [0.2, 0.25) is 8.32 Å². The second kappa shape index (κ2) is 8.66. The second-order valence-corrected chi connectivity index (χ2v) is 13.7. The maximum atomic E-state index is 13.0. The SMILES string of the molecule is COC(=O)C1=C(O[Si](C)(C)C(C)(C)C)CON(c2ccccc2)C1c1ccccc1. The van der Waals surface area contributed by atoms with Crippen molar-refractivity contribution in [3.63, 3.8) is 0 Å². The Morgan fingerprint density at radius 3 is 2.13 bits per heavy atom.